The van der Waals surface area contributed by atoms with Crippen molar-refractivity contribution in [3.63, 3.8) is 0 Å². The zero-order chi connectivity index (χ0) is 11.0. The lowest BCUT2D eigenvalue weighted by molar-refractivity contribution is 0.731. The maximum Gasteiger partial charge on any atom is 0.172 e. The normalized spacial score (nSPS) is 14.3. The monoisotopic (exact) mass is 234 g/mol. The molecule has 1 aromatic heterocycles. The highest BCUT2D eigenvalue weighted by Gasteiger charge is 2.17. The molecule has 0 fully saturated rings. The number of halogens is 1. The van der Waals surface area contributed by atoms with Gasteiger partial charge in [-0.1, -0.05) is 22.9 Å². The quantitative estimate of drug-likeness (QED) is 0.823. The molecule has 16 heavy (non-hydrogen) atoms. The van der Waals surface area contributed by atoms with Crippen LogP contribution in [0.2, 0.25) is 5.02 Å². The zero-order valence-electron chi connectivity index (χ0n) is 8.65. The van der Waals surface area contributed by atoms with E-state index in [0.717, 1.165) is 36.6 Å². The molecule has 0 unspecified atom stereocenters. The first-order valence-electron chi connectivity index (χ1n) is 5.29. The molecule has 0 saturated carbocycles. The number of fused-ring (bicyclic) bond motifs is 1. The van der Waals surface area contributed by atoms with Crippen LogP contribution in [0.3, 0.4) is 0 Å². The van der Waals surface area contributed by atoms with Gasteiger partial charge in [-0.15, -0.1) is 5.10 Å². The highest BCUT2D eigenvalue weighted by molar-refractivity contribution is 6.30. The lowest BCUT2D eigenvalue weighted by Gasteiger charge is -2.13. The molecule has 1 N–H and O–H groups in total. The first-order chi connectivity index (χ1) is 7.84. The number of rotatable bonds is 1. The van der Waals surface area contributed by atoms with E-state index in [9.17, 15) is 0 Å². The number of nitrogens with one attached hydrogen (secondary N) is 1. The summed E-state index contributed by atoms with van der Waals surface area (Å²) in [6.07, 6.45) is 2.11. The minimum Gasteiger partial charge on any atom is -0.367 e. The van der Waals surface area contributed by atoms with E-state index >= 15 is 0 Å². The molecule has 0 bridgehead atoms. The number of anilines is 1. The van der Waals surface area contributed by atoms with E-state index < -0.39 is 0 Å². The van der Waals surface area contributed by atoms with Gasteiger partial charge in [0.1, 0.15) is 0 Å². The van der Waals surface area contributed by atoms with E-state index in [4.69, 9.17) is 11.6 Å². The Hall–Kier alpha value is -1.55. The molecule has 0 radical (unpaired) electrons. The van der Waals surface area contributed by atoms with E-state index in [1.165, 1.54) is 0 Å². The summed E-state index contributed by atoms with van der Waals surface area (Å²) >= 11 is 5.97. The van der Waals surface area contributed by atoms with E-state index in [2.05, 4.69) is 15.6 Å². The van der Waals surface area contributed by atoms with Crippen LogP contribution in [0, 0.1) is 0 Å². The molecule has 4 nitrogen and oxygen atoms in total. The second-order valence-corrected chi connectivity index (χ2v) is 4.24. The van der Waals surface area contributed by atoms with Crippen LogP contribution >= 0.6 is 11.6 Å². The molecule has 1 aliphatic rings. The Labute approximate surface area is 98.2 Å². The summed E-state index contributed by atoms with van der Waals surface area (Å²) in [7, 11) is 0. The first-order valence-corrected chi connectivity index (χ1v) is 5.67. The predicted molar refractivity (Wildman–Crippen MR) is 63.2 cm³/mol. The molecule has 3 rings (SSSR count). The van der Waals surface area contributed by atoms with Crippen molar-refractivity contribution in [2.24, 2.45) is 0 Å². The highest BCUT2D eigenvalue weighted by atomic mass is 35.5. The third kappa shape index (κ3) is 1.55. The molecule has 82 valence electrons. The fourth-order valence-corrected chi connectivity index (χ4v) is 2.13. The highest BCUT2D eigenvalue weighted by Crippen LogP contribution is 2.23. The standard InChI is InChI=1S/C11H11ClN4/c12-8-3-1-4-9(7-8)16-10-5-2-6-13-11(10)14-15-16/h1,3-4,7,13H,2,5-6H2. The summed E-state index contributed by atoms with van der Waals surface area (Å²) in [5.41, 5.74) is 2.10. The molecule has 1 aliphatic heterocycles. The lowest BCUT2D eigenvalue weighted by Crippen LogP contribution is -2.13. The van der Waals surface area contributed by atoms with Gasteiger partial charge >= 0.3 is 0 Å². The fraction of sp³-hybridized carbons (Fsp3) is 0.273. The Bertz CT molecular complexity index is 520. The number of nitrogens with zero attached hydrogens (tertiary/aromatic N) is 3. The summed E-state index contributed by atoms with van der Waals surface area (Å²) < 4.78 is 1.85. The molecule has 0 atom stereocenters. The van der Waals surface area contributed by atoms with Crippen molar-refractivity contribution in [1.29, 1.82) is 0 Å². The topological polar surface area (TPSA) is 42.7 Å². The van der Waals surface area contributed by atoms with Crippen LogP contribution in [0.5, 0.6) is 0 Å². The second-order valence-electron chi connectivity index (χ2n) is 3.81. The van der Waals surface area contributed by atoms with Gasteiger partial charge in [-0.25, -0.2) is 4.68 Å². The van der Waals surface area contributed by atoms with Gasteiger partial charge in [-0.05, 0) is 31.0 Å². The van der Waals surface area contributed by atoms with Crippen LogP contribution in [-0.2, 0) is 6.42 Å². The van der Waals surface area contributed by atoms with Crippen molar-refractivity contribution in [2.75, 3.05) is 11.9 Å². The number of hydrogen-bond acceptors (Lipinski definition) is 3. The summed E-state index contributed by atoms with van der Waals surface area (Å²) in [5.74, 6) is 0.895. The van der Waals surface area contributed by atoms with Crippen molar-refractivity contribution < 1.29 is 0 Å². The van der Waals surface area contributed by atoms with Gasteiger partial charge in [0.15, 0.2) is 5.82 Å². The van der Waals surface area contributed by atoms with Crippen LogP contribution in [0.1, 0.15) is 12.1 Å². The Morgan fingerprint density at radius 1 is 1.38 bits per heavy atom. The van der Waals surface area contributed by atoms with Crippen molar-refractivity contribution >= 4 is 17.4 Å². The molecule has 0 aliphatic carbocycles. The number of hydrogen-bond donors (Lipinski definition) is 1. The smallest absolute Gasteiger partial charge is 0.172 e. The van der Waals surface area contributed by atoms with Crippen LogP contribution in [0.25, 0.3) is 5.69 Å². The Kier molecular flexibility index (Phi) is 2.29. The van der Waals surface area contributed by atoms with Gasteiger partial charge in [0, 0.05) is 11.6 Å². The van der Waals surface area contributed by atoms with Crippen molar-refractivity contribution in [3.05, 3.63) is 35.0 Å². The molecule has 2 aromatic rings. The van der Waals surface area contributed by atoms with Gasteiger partial charge in [0.05, 0.1) is 11.4 Å². The summed E-state index contributed by atoms with van der Waals surface area (Å²) in [4.78, 5) is 0. The minimum atomic E-state index is 0.713. The van der Waals surface area contributed by atoms with E-state index in [1.54, 1.807) is 0 Å². The second kappa shape index (κ2) is 3.79. The van der Waals surface area contributed by atoms with Gasteiger partial charge in [0.2, 0.25) is 0 Å². The Morgan fingerprint density at radius 2 is 2.31 bits per heavy atom. The van der Waals surface area contributed by atoms with Gasteiger partial charge < -0.3 is 5.32 Å². The van der Waals surface area contributed by atoms with Crippen LogP contribution in [0.15, 0.2) is 24.3 Å². The summed E-state index contributed by atoms with van der Waals surface area (Å²) in [6.45, 7) is 0.973. The molecule has 5 heteroatoms. The maximum absolute atomic E-state index is 5.97. The fourth-order valence-electron chi connectivity index (χ4n) is 1.94. The van der Waals surface area contributed by atoms with Crippen LogP contribution in [-0.4, -0.2) is 21.5 Å². The van der Waals surface area contributed by atoms with Crippen LogP contribution < -0.4 is 5.32 Å². The average Bonchev–Trinajstić information content (AvgIpc) is 2.72. The van der Waals surface area contributed by atoms with E-state index in [1.807, 2.05) is 28.9 Å². The van der Waals surface area contributed by atoms with Crippen molar-refractivity contribution in [3.8, 4) is 5.69 Å². The zero-order valence-corrected chi connectivity index (χ0v) is 9.41. The third-order valence-corrected chi connectivity index (χ3v) is 2.93. The van der Waals surface area contributed by atoms with Gasteiger partial charge in [-0.2, -0.15) is 0 Å². The molecule has 1 aromatic carbocycles. The van der Waals surface area contributed by atoms with Crippen LogP contribution in [0.4, 0.5) is 5.82 Å². The molecular formula is C11H11ClN4. The molecule has 0 saturated heterocycles. The SMILES string of the molecule is Clc1cccc(-n2nnc3c2CCCN3)c1. The third-order valence-electron chi connectivity index (χ3n) is 2.70. The largest absolute Gasteiger partial charge is 0.367 e. The predicted octanol–water partition coefficient (Wildman–Crippen LogP) is 2.28. The summed E-state index contributed by atoms with van der Waals surface area (Å²) in [6, 6.07) is 7.65. The molecular weight excluding hydrogens is 224 g/mol. The van der Waals surface area contributed by atoms with E-state index in [0.29, 0.717) is 5.02 Å². The maximum atomic E-state index is 5.97. The average molecular weight is 235 g/mol. The van der Waals surface area contributed by atoms with Crippen molar-refractivity contribution in [1.82, 2.24) is 15.0 Å². The Morgan fingerprint density at radius 3 is 3.19 bits per heavy atom. The van der Waals surface area contributed by atoms with E-state index in [-0.39, 0.29) is 0 Å². The first kappa shape index (κ1) is 9.66. The molecule has 2 heterocycles. The minimum absolute atomic E-state index is 0.713. The number of aromatic nitrogens is 3. The van der Waals surface area contributed by atoms with Gasteiger partial charge in [-0.3, -0.25) is 0 Å². The number of benzene rings is 1. The Balaban J connectivity index is 2.09. The van der Waals surface area contributed by atoms with Crippen molar-refractivity contribution in [2.45, 2.75) is 12.8 Å². The molecule has 0 amide bonds. The molecule has 0 spiro atoms. The summed E-state index contributed by atoms with van der Waals surface area (Å²) in [5, 5.41) is 12.2. The lowest BCUT2D eigenvalue weighted by atomic mass is 10.2. The van der Waals surface area contributed by atoms with Gasteiger partial charge in [0.25, 0.3) is 0 Å².